The minimum Gasteiger partial charge on any atom is -0.459 e. The number of hydrogen-bond acceptors (Lipinski definition) is 5. The molecule has 96 valence electrons. The van der Waals surface area contributed by atoms with Crippen LogP contribution in [0.2, 0.25) is 0 Å². The zero-order valence-electron chi connectivity index (χ0n) is 10.1. The summed E-state index contributed by atoms with van der Waals surface area (Å²) in [6, 6.07) is -0.0242. The second-order valence-corrected chi connectivity index (χ2v) is 4.10. The number of amides is 1. The zero-order chi connectivity index (χ0) is 12.8. The number of carbonyl (C=O) groups excluding carboxylic acids is 2. The first-order valence-corrected chi connectivity index (χ1v) is 5.73. The third-order valence-electron chi connectivity index (χ3n) is 2.68. The van der Waals surface area contributed by atoms with E-state index in [4.69, 9.17) is 14.6 Å². The molecule has 0 aromatic carbocycles. The van der Waals surface area contributed by atoms with E-state index < -0.39 is 18.2 Å². The Morgan fingerprint density at radius 2 is 2.24 bits per heavy atom. The molecule has 1 amide bonds. The van der Waals surface area contributed by atoms with Crippen LogP contribution in [0.4, 0.5) is 0 Å². The molecule has 1 heterocycles. The fourth-order valence-electron chi connectivity index (χ4n) is 1.77. The van der Waals surface area contributed by atoms with Crippen molar-refractivity contribution in [3.63, 3.8) is 0 Å². The zero-order valence-corrected chi connectivity index (χ0v) is 10.1. The average Bonchev–Trinajstić information content (AvgIpc) is 2.66. The van der Waals surface area contributed by atoms with Gasteiger partial charge in [0.25, 0.3) is 0 Å². The van der Waals surface area contributed by atoms with Gasteiger partial charge in [-0.1, -0.05) is 0 Å². The molecule has 0 saturated carbocycles. The van der Waals surface area contributed by atoms with Crippen molar-refractivity contribution in [1.82, 2.24) is 5.32 Å². The molecule has 0 spiro atoms. The molecular weight excluding hydrogens is 225 g/mol. The Bertz CT molecular complexity index is 286. The predicted molar refractivity (Wildman–Crippen MR) is 62.1 cm³/mol. The molecule has 1 saturated heterocycles. The second kappa shape index (κ2) is 6.61. The first-order chi connectivity index (χ1) is 8.06. The number of rotatable bonds is 5. The Balaban J connectivity index is 2.32. The molecule has 1 rings (SSSR count). The number of aliphatic hydroxyl groups excluding tert-OH is 1. The van der Waals surface area contributed by atoms with Crippen LogP contribution < -0.4 is 5.32 Å². The fraction of sp³-hybridized carbons (Fsp3) is 0.800. The van der Waals surface area contributed by atoms with E-state index in [2.05, 4.69) is 5.32 Å². The van der Waals surface area contributed by atoms with Crippen LogP contribution in [0.15, 0.2) is 0 Å². The van der Waals surface area contributed by atoms with Crippen molar-refractivity contribution in [3.8, 4) is 0 Å². The highest BCUT2D eigenvalue weighted by atomic mass is 16.6. The van der Waals surface area contributed by atoms with Crippen molar-refractivity contribution >= 4 is 19.7 Å². The number of nitrogens with one attached hydrogen (secondary N) is 1. The number of esters is 1. The van der Waals surface area contributed by atoms with Crippen molar-refractivity contribution in [2.75, 3.05) is 13.7 Å². The molecule has 3 atom stereocenters. The smallest absolute Gasteiger partial charge is 0.306 e. The predicted octanol–water partition coefficient (Wildman–Crippen LogP) is -1.84. The van der Waals surface area contributed by atoms with Gasteiger partial charge in [-0.25, -0.2) is 0 Å². The second-order valence-electron chi connectivity index (χ2n) is 4.10. The van der Waals surface area contributed by atoms with Gasteiger partial charge in [0.1, 0.15) is 20.1 Å². The number of aliphatic hydroxyl groups is 1. The maximum atomic E-state index is 11.4. The Labute approximate surface area is 101 Å². The number of carbonyl (C=O) groups is 2. The van der Waals surface area contributed by atoms with Crippen LogP contribution in [-0.4, -0.2) is 56.7 Å². The minimum atomic E-state index is -0.450. The van der Waals surface area contributed by atoms with Crippen molar-refractivity contribution < 1.29 is 24.2 Å². The molecule has 0 bridgehead atoms. The highest BCUT2D eigenvalue weighted by Gasteiger charge is 2.35. The van der Waals surface area contributed by atoms with Gasteiger partial charge >= 0.3 is 5.97 Å². The molecule has 0 aromatic heterocycles. The summed E-state index contributed by atoms with van der Waals surface area (Å²) >= 11 is 0. The summed E-state index contributed by atoms with van der Waals surface area (Å²) in [4.78, 5) is 22.4. The maximum Gasteiger partial charge on any atom is 0.306 e. The first-order valence-electron chi connectivity index (χ1n) is 5.73. The Hall–Kier alpha value is -1.08. The van der Waals surface area contributed by atoms with Gasteiger partial charge in [0.15, 0.2) is 0 Å². The summed E-state index contributed by atoms with van der Waals surface area (Å²) in [5.41, 5.74) is 0. The lowest BCUT2D eigenvalue weighted by molar-refractivity contribution is -0.153. The van der Waals surface area contributed by atoms with E-state index in [0.717, 1.165) is 0 Å². The lowest BCUT2D eigenvalue weighted by Crippen LogP contribution is -2.30. The summed E-state index contributed by atoms with van der Waals surface area (Å²) in [6.45, 7) is -0.169. The SMILES string of the molecule is B[C@H]1CC(OC(=O)CCC(=O)NC)[C@@H](CO)O1. The third kappa shape index (κ3) is 4.36. The van der Waals surface area contributed by atoms with Gasteiger partial charge in [-0.3, -0.25) is 9.59 Å². The van der Waals surface area contributed by atoms with E-state index >= 15 is 0 Å². The quantitative estimate of drug-likeness (QED) is 0.438. The molecule has 1 unspecified atom stereocenters. The van der Waals surface area contributed by atoms with Crippen molar-refractivity contribution in [2.45, 2.75) is 37.5 Å². The average molecular weight is 243 g/mol. The summed E-state index contributed by atoms with van der Waals surface area (Å²) in [6.07, 6.45) is -0.122. The van der Waals surface area contributed by atoms with Gasteiger partial charge in [0, 0.05) is 25.9 Å². The van der Waals surface area contributed by atoms with E-state index in [1.165, 1.54) is 7.05 Å². The molecule has 0 radical (unpaired) electrons. The van der Waals surface area contributed by atoms with Gasteiger partial charge in [-0.2, -0.15) is 0 Å². The number of hydrogen-bond donors (Lipinski definition) is 2. The molecular formula is C10H18BNO5. The molecule has 2 N–H and O–H groups in total. The molecule has 1 aliphatic rings. The first kappa shape index (κ1) is 14.0. The lowest BCUT2D eigenvalue weighted by Gasteiger charge is -2.16. The summed E-state index contributed by atoms with van der Waals surface area (Å²) < 4.78 is 10.5. The summed E-state index contributed by atoms with van der Waals surface area (Å²) in [7, 11) is 3.38. The standard InChI is InChI=1S/C10H18BNO5/c1-12-9(14)2-3-10(15)17-6-4-8(11)16-7(6)5-13/h6-8,13H,2-5,11H2,1H3,(H,12,14)/t6?,7-,8-/m1/s1. The van der Waals surface area contributed by atoms with Crippen LogP contribution in [0.5, 0.6) is 0 Å². The van der Waals surface area contributed by atoms with Gasteiger partial charge in [-0.05, 0) is 0 Å². The van der Waals surface area contributed by atoms with E-state index in [0.29, 0.717) is 6.42 Å². The normalized spacial score (nSPS) is 27.8. The van der Waals surface area contributed by atoms with Crippen LogP contribution in [0, 0.1) is 0 Å². The Morgan fingerprint density at radius 1 is 1.53 bits per heavy atom. The summed E-state index contributed by atoms with van der Waals surface area (Å²) in [5.74, 6) is -0.633. The number of ether oxygens (including phenoxy) is 2. The highest BCUT2D eigenvalue weighted by molar-refractivity contribution is 6.11. The molecule has 6 nitrogen and oxygen atoms in total. The van der Waals surface area contributed by atoms with Crippen LogP contribution >= 0.6 is 0 Å². The van der Waals surface area contributed by atoms with Crippen LogP contribution in [0.25, 0.3) is 0 Å². The van der Waals surface area contributed by atoms with Crippen molar-refractivity contribution in [1.29, 1.82) is 0 Å². The molecule has 1 aliphatic heterocycles. The van der Waals surface area contributed by atoms with Crippen LogP contribution in [0.3, 0.4) is 0 Å². The van der Waals surface area contributed by atoms with Gasteiger partial charge in [0.05, 0.1) is 13.0 Å². The Kier molecular flexibility index (Phi) is 5.44. The topological polar surface area (TPSA) is 84.9 Å². The van der Waals surface area contributed by atoms with Gasteiger partial charge in [0.2, 0.25) is 5.91 Å². The van der Waals surface area contributed by atoms with Gasteiger partial charge in [-0.15, -0.1) is 0 Å². The third-order valence-corrected chi connectivity index (χ3v) is 2.68. The van der Waals surface area contributed by atoms with Gasteiger partial charge < -0.3 is 19.9 Å². The molecule has 17 heavy (non-hydrogen) atoms. The van der Waals surface area contributed by atoms with Crippen LogP contribution in [-0.2, 0) is 19.1 Å². The molecule has 1 fully saturated rings. The maximum absolute atomic E-state index is 11.4. The van der Waals surface area contributed by atoms with Crippen LogP contribution in [0.1, 0.15) is 19.3 Å². The van der Waals surface area contributed by atoms with E-state index in [1.54, 1.807) is 0 Å². The minimum absolute atomic E-state index is 0.0242. The monoisotopic (exact) mass is 243 g/mol. The van der Waals surface area contributed by atoms with Crippen molar-refractivity contribution in [3.05, 3.63) is 0 Å². The molecule has 0 aromatic rings. The molecule has 0 aliphatic carbocycles. The molecule has 7 heteroatoms. The van der Waals surface area contributed by atoms with Crippen molar-refractivity contribution in [2.24, 2.45) is 0 Å². The fourth-order valence-corrected chi connectivity index (χ4v) is 1.77. The Morgan fingerprint density at radius 3 is 2.82 bits per heavy atom. The van der Waals surface area contributed by atoms with E-state index in [1.807, 2.05) is 7.85 Å². The van der Waals surface area contributed by atoms with E-state index in [-0.39, 0.29) is 31.4 Å². The van der Waals surface area contributed by atoms with E-state index in [9.17, 15) is 9.59 Å². The largest absolute Gasteiger partial charge is 0.459 e. The summed E-state index contributed by atoms with van der Waals surface area (Å²) in [5, 5.41) is 11.5. The lowest BCUT2D eigenvalue weighted by atomic mass is 9.96. The highest BCUT2D eigenvalue weighted by Crippen LogP contribution is 2.21.